The van der Waals surface area contributed by atoms with Crippen molar-refractivity contribution in [1.82, 2.24) is 15.4 Å². The first-order valence-electron chi connectivity index (χ1n) is 9.57. The van der Waals surface area contributed by atoms with Gasteiger partial charge in [0.05, 0.1) is 12.4 Å². The van der Waals surface area contributed by atoms with E-state index in [1.54, 1.807) is 14.0 Å². The Kier molecular flexibility index (Phi) is 11.9. The fourth-order valence-electron chi connectivity index (χ4n) is 2.57. The maximum absolute atomic E-state index is 11.3. The van der Waals surface area contributed by atoms with Gasteiger partial charge in [-0.3, -0.25) is 4.99 Å². The van der Waals surface area contributed by atoms with Gasteiger partial charge in [0.1, 0.15) is 5.75 Å². The number of fused-ring (bicyclic) bond motifs is 1. The molecule has 0 fully saturated rings. The van der Waals surface area contributed by atoms with Crippen LogP contribution >= 0.6 is 24.0 Å². The summed E-state index contributed by atoms with van der Waals surface area (Å²) in [4.78, 5) is 4.16. The molecular weight excluding hydrogens is 503 g/mol. The lowest BCUT2D eigenvalue weighted by Crippen LogP contribution is -2.39. The third kappa shape index (κ3) is 9.64. The minimum Gasteiger partial charge on any atom is -0.494 e. The standard InChI is InChI=1S/C20H30N4O3S.HI/c1-3-28(25,26)24-14-6-12-22-20(21-2)23-13-7-15-27-19-11-10-17-8-4-5-9-18(17)16-19;/h4-5,8-11,16,24H,3,6-7,12-15H2,1-2H3,(H2,21,22,23);1H. The minimum absolute atomic E-state index is 0. The van der Waals surface area contributed by atoms with Crippen molar-refractivity contribution in [3.8, 4) is 5.75 Å². The Balaban J connectivity index is 0.00000420. The van der Waals surface area contributed by atoms with Crippen LogP contribution in [0.5, 0.6) is 5.75 Å². The summed E-state index contributed by atoms with van der Waals surface area (Å²) in [6, 6.07) is 14.3. The summed E-state index contributed by atoms with van der Waals surface area (Å²) in [6.45, 7) is 4.02. The first-order valence-corrected chi connectivity index (χ1v) is 11.2. The molecule has 9 heteroatoms. The van der Waals surface area contributed by atoms with Gasteiger partial charge in [-0.2, -0.15) is 0 Å². The lowest BCUT2D eigenvalue weighted by molar-refractivity contribution is 0.311. The molecule has 0 aliphatic rings. The smallest absolute Gasteiger partial charge is 0.211 e. The van der Waals surface area contributed by atoms with E-state index in [1.807, 2.05) is 18.2 Å². The van der Waals surface area contributed by atoms with Gasteiger partial charge in [-0.05, 0) is 42.7 Å². The Labute approximate surface area is 190 Å². The van der Waals surface area contributed by atoms with Gasteiger partial charge in [-0.15, -0.1) is 24.0 Å². The number of benzene rings is 2. The van der Waals surface area contributed by atoms with Crippen LogP contribution in [0.25, 0.3) is 10.8 Å². The summed E-state index contributed by atoms with van der Waals surface area (Å²) >= 11 is 0. The monoisotopic (exact) mass is 534 g/mol. The SMILES string of the molecule is CCS(=O)(=O)NCCCNC(=NC)NCCCOc1ccc2ccccc2c1.I. The normalized spacial score (nSPS) is 11.7. The molecule has 0 aromatic heterocycles. The van der Waals surface area contributed by atoms with Gasteiger partial charge < -0.3 is 15.4 Å². The van der Waals surface area contributed by atoms with Crippen LogP contribution in [0, 0.1) is 0 Å². The molecule has 0 amide bonds. The maximum atomic E-state index is 11.3. The zero-order valence-corrected chi connectivity index (χ0v) is 20.1. The van der Waals surface area contributed by atoms with E-state index in [2.05, 4.69) is 44.6 Å². The maximum Gasteiger partial charge on any atom is 0.211 e. The Morgan fingerprint density at radius 1 is 1.00 bits per heavy atom. The van der Waals surface area contributed by atoms with Crippen LogP contribution in [-0.4, -0.2) is 53.4 Å². The predicted octanol–water partition coefficient (Wildman–Crippen LogP) is 2.72. The van der Waals surface area contributed by atoms with E-state index in [1.165, 1.54) is 10.8 Å². The molecule has 162 valence electrons. The quantitative estimate of drug-likeness (QED) is 0.179. The molecule has 7 nitrogen and oxygen atoms in total. The molecule has 3 N–H and O–H groups in total. The Hall–Kier alpha value is -1.59. The molecular formula is C20H31IN4O3S. The van der Waals surface area contributed by atoms with Gasteiger partial charge in [0.2, 0.25) is 10.0 Å². The summed E-state index contributed by atoms with van der Waals surface area (Å²) in [7, 11) is -1.41. The molecule has 2 rings (SSSR count). The molecule has 29 heavy (non-hydrogen) atoms. The fourth-order valence-corrected chi connectivity index (χ4v) is 3.23. The van der Waals surface area contributed by atoms with Crippen molar-refractivity contribution in [2.45, 2.75) is 19.8 Å². The van der Waals surface area contributed by atoms with Crippen LogP contribution in [0.1, 0.15) is 19.8 Å². The molecule has 0 atom stereocenters. The molecule has 0 saturated carbocycles. The van der Waals surface area contributed by atoms with Crippen molar-refractivity contribution in [3.05, 3.63) is 42.5 Å². The van der Waals surface area contributed by atoms with E-state index in [0.29, 0.717) is 32.1 Å². The van der Waals surface area contributed by atoms with Crippen molar-refractivity contribution in [2.24, 2.45) is 4.99 Å². The molecule has 0 aliphatic carbocycles. The van der Waals surface area contributed by atoms with E-state index in [4.69, 9.17) is 4.74 Å². The number of ether oxygens (including phenoxy) is 1. The number of hydrogen-bond donors (Lipinski definition) is 3. The Morgan fingerprint density at radius 2 is 1.69 bits per heavy atom. The lowest BCUT2D eigenvalue weighted by atomic mass is 10.1. The summed E-state index contributed by atoms with van der Waals surface area (Å²) < 4.78 is 31.0. The van der Waals surface area contributed by atoms with Gasteiger partial charge >= 0.3 is 0 Å². The highest BCUT2D eigenvalue weighted by molar-refractivity contribution is 14.0. The summed E-state index contributed by atoms with van der Waals surface area (Å²) in [5.74, 6) is 1.67. The molecule has 2 aromatic carbocycles. The zero-order valence-electron chi connectivity index (χ0n) is 17.0. The second kappa shape index (κ2) is 13.6. The van der Waals surface area contributed by atoms with Crippen LogP contribution in [0.3, 0.4) is 0 Å². The average Bonchev–Trinajstić information content (AvgIpc) is 2.71. The van der Waals surface area contributed by atoms with Crippen molar-refractivity contribution >= 4 is 50.7 Å². The van der Waals surface area contributed by atoms with Crippen LogP contribution in [0.15, 0.2) is 47.5 Å². The molecule has 2 aromatic rings. The molecule has 0 unspecified atom stereocenters. The number of hydrogen-bond acceptors (Lipinski definition) is 4. The molecule has 0 radical (unpaired) electrons. The first-order chi connectivity index (χ1) is 13.5. The third-order valence-electron chi connectivity index (χ3n) is 4.17. The van der Waals surface area contributed by atoms with Crippen LogP contribution < -0.4 is 20.1 Å². The van der Waals surface area contributed by atoms with E-state index < -0.39 is 10.0 Å². The molecule has 0 spiro atoms. The molecule has 0 heterocycles. The number of guanidine groups is 1. The van der Waals surface area contributed by atoms with Crippen molar-refractivity contribution in [1.29, 1.82) is 0 Å². The number of halogens is 1. The number of aliphatic imine (C=N–C) groups is 1. The molecule has 0 aliphatic heterocycles. The Morgan fingerprint density at radius 3 is 2.38 bits per heavy atom. The second-order valence-electron chi connectivity index (χ2n) is 6.29. The number of sulfonamides is 1. The second-order valence-corrected chi connectivity index (χ2v) is 8.38. The van der Waals surface area contributed by atoms with Crippen molar-refractivity contribution in [2.75, 3.05) is 39.0 Å². The third-order valence-corrected chi connectivity index (χ3v) is 5.58. The topological polar surface area (TPSA) is 91.8 Å². The number of rotatable bonds is 11. The van der Waals surface area contributed by atoms with Crippen molar-refractivity contribution < 1.29 is 13.2 Å². The first kappa shape index (κ1) is 25.4. The predicted molar refractivity (Wildman–Crippen MR) is 131 cm³/mol. The van der Waals surface area contributed by atoms with E-state index >= 15 is 0 Å². The summed E-state index contributed by atoms with van der Waals surface area (Å²) in [5.41, 5.74) is 0. The van der Waals surface area contributed by atoms with Gasteiger partial charge in [0.15, 0.2) is 5.96 Å². The highest BCUT2D eigenvalue weighted by Crippen LogP contribution is 2.20. The van der Waals surface area contributed by atoms with Gasteiger partial charge in [-0.1, -0.05) is 30.3 Å². The van der Waals surface area contributed by atoms with Crippen molar-refractivity contribution in [3.63, 3.8) is 0 Å². The fraction of sp³-hybridized carbons (Fsp3) is 0.450. The van der Waals surface area contributed by atoms with Gasteiger partial charge in [0.25, 0.3) is 0 Å². The van der Waals surface area contributed by atoms with Crippen LogP contribution in [0.4, 0.5) is 0 Å². The van der Waals surface area contributed by atoms with Gasteiger partial charge in [-0.25, -0.2) is 13.1 Å². The van der Waals surface area contributed by atoms with E-state index in [-0.39, 0.29) is 29.7 Å². The zero-order chi connectivity index (χ0) is 20.2. The highest BCUT2D eigenvalue weighted by Gasteiger charge is 2.04. The average molecular weight is 534 g/mol. The highest BCUT2D eigenvalue weighted by atomic mass is 127. The summed E-state index contributed by atoms with van der Waals surface area (Å²) in [5, 5.41) is 8.76. The largest absolute Gasteiger partial charge is 0.494 e. The van der Waals surface area contributed by atoms with Crippen LogP contribution in [-0.2, 0) is 10.0 Å². The number of nitrogens with zero attached hydrogens (tertiary/aromatic N) is 1. The van der Waals surface area contributed by atoms with E-state index in [0.717, 1.165) is 18.7 Å². The lowest BCUT2D eigenvalue weighted by Gasteiger charge is -2.12. The molecule has 0 bridgehead atoms. The summed E-state index contributed by atoms with van der Waals surface area (Å²) in [6.07, 6.45) is 1.52. The van der Waals surface area contributed by atoms with Crippen LogP contribution in [0.2, 0.25) is 0 Å². The van der Waals surface area contributed by atoms with Gasteiger partial charge in [0, 0.05) is 26.7 Å². The number of nitrogens with one attached hydrogen (secondary N) is 3. The van der Waals surface area contributed by atoms with E-state index in [9.17, 15) is 8.42 Å². The molecule has 0 saturated heterocycles. The minimum atomic E-state index is -3.12. The Bertz CT molecular complexity index is 875.